The Bertz CT molecular complexity index is 802. The summed E-state index contributed by atoms with van der Waals surface area (Å²) < 4.78 is 29.3. The Morgan fingerprint density at radius 3 is 2.65 bits per heavy atom. The molecular formula is C18H19NO3S. The Morgan fingerprint density at radius 2 is 2.00 bits per heavy atom. The molecule has 1 aromatic carbocycles. The molecule has 1 aliphatic rings. The molecule has 0 bridgehead atoms. The van der Waals surface area contributed by atoms with Gasteiger partial charge in [0.1, 0.15) is 11.5 Å². The van der Waals surface area contributed by atoms with Gasteiger partial charge in [-0.05, 0) is 18.6 Å². The lowest BCUT2D eigenvalue weighted by molar-refractivity contribution is 0.213. The maximum Gasteiger partial charge on any atom is 0.151 e. The third-order valence-corrected chi connectivity index (χ3v) is 5.85. The minimum Gasteiger partial charge on any atom is -0.460 e. The van der Waals surface area contributed by atoms with E-state index < -0.39 is 9.84 Å². The van der Waals surface area contributed by atoms with Crippen LogP contribution >= 0.6 is 0 Å². The molecule has 1 fully saturated rings. The molecule has 0 spiro atoms. The average molecular weight is 329 g/mol. The van der Waals surface area contributed by atoms with Gasteiger partial charge in [-0.2, -0.15) is 0 Å². The van der Waals surface area contributed by atoms with Crippen LogP contribution in [-0.4, -0.2) is 37.4 Å². The van der Waals surface area contributed by atoms with Crippen molar-refractivity contribution in [1.29, 1.82) is 0 Å². The first-order chi connectivity index (χ1) is 11.1. The topological polar surface area (TPSA) is 50.5 Å². The molecule has 2 heterocycles. The second-order valence-corrected chi connectivity index (χ2v) is 8.03. The van der Waals surface area contributed by atoms with Crippen molar-refractivity contribution in [3.63, 3.8) is 0 Å². The Kier molecular flexibility index (Phi) is 4.56. The summed E-state index contributed by atoms with van der Waals surface area (Å²) in [4.78, 5) is 2.01. The van der Waals surface area contributed by atoms with E-state index in [-0.39, 0.29) is 17.5 Å². The summed E-state index contributed by atoms with van der Waals surface area (Å²) in [6.07, 6.45) is 6.08. The fourth-order valence-electron chi connectivity index (χ4n) is 2.92. The standard InChI is InChI=1S/C18H19NO3S/c1-2-11-19(16-10-12-23(20,21)14-16)13-17-8-9-18(22-17)15-6-4-3-5-7-15/h1,3-9,16H,10-14H2. The number of rotatable bonds is 5. The highest BCUT2D eigenvalue weighted by atomic mass is 32.2. The number of nitrogens with zero attached hydrogens (tertiary/aromatic N) is 1. The fourth-order valence-corrected chi connectivity index (χ4v) is 4.68. The van der Waals surface area contributed by atoms with E-state index in [1.54, 1.807) is 0 Å². The molecule has 1 aliphatic heterocycles. The van der Waals surface area contributed by atoms with Gasteiger partial charge >= 0.3 is 0 Å². The van der Waals surface area contributed by atoms with Gasteiger partial charge in [-0.3, -0.25) is 4.90 Å². The summed E-state index contributed by atoms with van der Waals surface area (Å²) in [5, 5.41) is 0. The van der Waals surface area contributed by atoms with Crippen LogP contribution in [0.1, 0.15) is 12.2 Å². The van der Waals surface area contributed by atoms with Crippen molar-refractivity contribution >= 4 is 9.84 Å². The molecule has 1 aromatic heterocycles. The molecule has 0 saturated carbocycles. The Balaban J connectivity index is 1.74. The summed E-state index contributed by atoms with van der Waals surface area (Å²) in [6.45, 7) is 0.943. The number of benzene rings is 1. The molecule has 0 aliphatic carbocycles. The average Bonchev–Trinajstić information content (AvgIpc) is 3.14. The maximum atomic E-state index is 11.7. The van der Waals surface area contributed by atoms with Crippen molar-refractivity contribution in [2.45, 2.75) is 19.0 Å². The van der Waals surface area contributed by atoms with Crippen LogP contribution in [0.3, 0.4) is 0 Å². The number of furan rings is 1. The number of hydrogen-bond donors (Lipinski definition) is 0. The molecule has 23 heavy (non-hydrogen) atoms. The molecule has 5 heteroatoms. The lowest BCUT2D eigenvalue weighted by Crippen LogP contribution is -2.35. The van der Waals surface area contributed by atoms with Gasteiger partial charge < -0.3 is 4.42 Å². The Hall–Kier alpha value is -2.03. The maximum absolute atomic E-state index is 11.7. The molecule has 0 radical (unpaired) electrons. The summed E-state index contributed by atoms with van der Waals surface area (Å²) in [5.41, 5.74) is 1.02. The molecule has 3 rings (SSSR count). The molecule has 0 amide bonds. The zero-order valence-corrected chi connectivity index (χ0v) is 13.6. The third kappa shape index (κ3) is 3.84. The minimum atomic E-state index is -2.93. The first-order valence-corrected chi connectivity index (χ1v) is 9.41. The molecule has 0 N–H and O–H groups in total. The molecule has 2 aromatic rings. The van der Waals surface area contributed by atoms with Gasteiger partial charge in [0.2, 0.25) is 0 Å². The predicted molar refractivity (Wildman–Crippen MR) is 90.4 cm³/mol. The summed E-state index contributed by atoms with van der Waals surface area (Å²) in [6, 6.07) is 13.7. The van der Waals surface area contributed by atoms with Crippen LogP contribution in [0.15, 0.2) is 46.9 Å². The predicted octanol–water partition coefficient (Wildman–Crippen LogP) is 2.57. The normalized spacial score (nSPS) is 19.7. The Morgan fingerprint density at radius 1 is 1.22 bits per heavy atom. The Labute approximate surface area is 137 Å². The summed E-state index contributed by atoms with van der Waals surface area (Å²) in [7, 11) is -2.93. The second-order valence-electron chi connectivity index (χ2n) is 5.80. The third-order valence-electron chi connectivity index (χ3n) is 4.10. The highest BCUT2D eigenvalue weighted by Gasteiger charge is 2.32. The van der Waals surface area contributed by atoms with Crippen molar-refractivity contribution < 1.29 is 12.8 Å². The smallest absolute Gasteiger partial charge is 0.151 e. The highest BCUT2D eigenvalue weighted by Crippen LogP contribution is 2.24. The van der Waals surface area contributed by atoms with Gasteiger partial charge in [0.25, 0.3) is 0 Å². The van der Waals surface area contributed by atoms with Gasteiger partial charge in [0.15, 0.2) is 9.84 Å². The van der Waals surface area contributed by atoms with E-state index in [2.05, 4.69) is 5.92 Å². The molecular weight excluding hydrogens is 310 g/mol. The zero-order chi connectivity index (χ0) is 16.3. The van der Waals surface area contributed by atoms with E-state index in [1.807, 2.05) is 47.4 Å². The molecule has 1 unspecified atom stereocenters. The van der Waals surface area contributed by atoms with Crippen molar-refractivity contribution in [3.05, 3.63) is 48.2 Å². The van der Waals surface area contributed by atoms with E-state index in [0.29, 0.717) is 19.5 Å². The van der Waals surface area contributed by atoms with Crippen LogP contribution in [0.4, 0.5) is 0 Å². The largest absolute Gasteiger partial charge is 0.460 e. The van der Waals surface area contributed by atoms with Gasteiger partial charge in [-0.25, -0.2) is 8.42 Å². The summed E-state index contributed by atoms with van der Waals surface area (Å²) in [5.74, 6) is 4.64. The van der Waals surface area contributed by atoms with Crippen LogP contribution in [0, 0.1) is 12.3 Å². The van der Waals surface area contributed by atoms with E-state index >= 15 is 0 Å². The van der Waals surface area contributed by atoms with Crippen LogP contribution in [-0.2, 0) is 16.4 Å². The van der Waals surface area contributed by atoms with E-state index in [0.717, 1.165) is 17.1 Å². The molecule has 4 nitrogen and oxygen atoms in total. The second kappa shape index (κ2) is 6.61. The van der Waals surface area contributed by atoms with E-state index in [1.165, 1.54) is 0 Å². The minimum absolute atomic E-state index is 0.0266. The van der Waals surface area contributed by atoms with Crippen molar-refractivity contribution in [2.24, 2.45) is 0 Å². The first kappa shape index (κ1) is 15.9. The zero-order valence-electron chi connectivity index (χ0n) is 12.8. The van der Waals surface area contributed by atoms with Crippen molar-refractivity contribution in [1.82, 2.24) is 4.90 Å². The highest BCUT2D eigenvalue weighted by molar-refractivity contribution is 7.91. The van der Waals surface area contributed by atoms with Crippen LogP contribution in [0.2, 0.25) is 0 Å². The quantitative estimate of drug-likeness (QED) is 0.791. The van der Waals surface area contributed by atoms with Crippen LogP contribution in [0.5, 0.6) is 0 Å². The van der Waals surface area contributed by atoms with Gasteiger partial charge in [0.05, 0.1) is 24.6 Å². The van der Waals surface area contributed by atoms with E-state index in [9.17, 15) is 8.42 Å². The number of hydrogen-bond acceptors (Lipinski definition) is 4. The van der Waals surface area contributed by atoms with Crippen molar-refractivity contribution in [2.75, 3.05) is 18.1 Å². The lowest BCUT2D eigenvalue weighted by Gasteiger charge is -2.24. The fraction of sp³-hybridized carbons (Fsp3) is 0.333. The molecule has 120 valence electrons. The van der Waals surface area contributed by atoms with Crippen molar-refractivity contribution in [3.8, 4) is 23.7 Å². The monoisotopic (exact) mass is 329 g/mol. The van der Waals surface area contributed by atoms with Gasteiger partial charge in [-0.15, -0.1) is 6.42 Å². The SMILES string of the molecule is C#CCN(Cc1ccc(-c2ccccc2)o1)C1CCS(=O)(=O)C1. The summed E-state index contributed by atoms with van der Waals surface area (Å²) >= 11 is 0. The van der Waals surface area contributed by atoms with Gasteiger partial charge in [0, 0.05) is 11.6 Å². The first-order valence-electron chi connectivity index (χ1n) is 7.59. The van der Waals surface area contributed by atoms with Crippen LogP contribution in [0.25, 0.3) is 11.3 Å². The molecule has 1 saturated heterocycles. The lowest BCUT2D eigenvalue weighted by atomic mass is 10.2. The number of terminal acetylenes is 1. The molecule has 1 atom stereocenters. The van der Waals surface area contributed by atoms with Gasteiger partial charge in [-0.1, -0.05) is 36.3 Å². The van der Waals surface area contributed by atoms with E-state index in [4.69, 9.17) is 10.8 Å². The van der Waals surface area contributed by atoms with Crippen LogP contribution < -0.4 is 0 Å². The number of sulfone groups is 1.